The van der Waals surface area contributed by atoms with Crippen LogP contribution in [0, 0.1) is 17.8 Å². The summed E-state index contributed by atoms with van der Waals surface area (Å²) in [6.07, 6.45) is 9.09. The molecule has 1 heteroatoms. The molecule has 3 aliphatic carbocycles. The van der Waals surface area contributed by atoms with E-state index in [-0.39, 0.29) is 0 Å². The van der Waals surface area contributed by atoms with Gasteiger partial charge in [-0.2, -0.15) is 12.6 Å². The third-order valence-corrected chi connectivity index (χ3v) is 3.42. The van der Waals surface area contributed by atoms with Gasteiger partial charge in [0.25, 0.3) is 0 Å². The van der Waals surface area contributed by atoms with Crippen molar-refractivity contribution in [2.45, 2.75) is 19.3 Å². The molecule has 0 aromatic heterocycles. The fraction of sp³-hybridized carbons (Fsp3) is 0.778. The van der Waals surface area contributed by atoms with Crippen molar-refractivity contribution in [2.75, 3.05) is 5.75 Å². The largest absolute Gasteiger partial charge is 0.179 e. The van der Waals surface area contributed by atoms with E-state index in [4.69, 9.17) is 0 Å². The third kappa shape index (κ3) is 1.01. The van der Waals surface area contributed by atoms with Crippen molar-refractivity contribution in [2.24, 2.45) is 17.8 Å². The van der Waals surface area contributed by atoms with Crippen LogP contribution in [-0.2, 0) is 0 Å². The molecule has 3 atom stereocenters. The average molecular weight is 154 g/mol. The Morgan fingerprint density at radius 1 is 1.30 bits per heavy atom. The van der Waals surface area contributed by atoms with E-state index in [2.05, 4.69) is 24.8 Å². The van der Waals surface area contributed by atoms with E-state index in [0.29, 0.717) is 0 Å². The predicted octanol–water partition coefficient (Wildman–Crippen LogP) is 2.52. The number of allylic oxidation sites excluding steroid dienone is 2. The van der Waals surface area contributed by atoms with Crippen LogP contribution in [0.2, 0.25) is 0 Å². The van der Waals surface area contributed by atoms with Gasteiger partial charge >= 0.3 is 0 Å². The number of hydrogen-bond donors (Lipinski definition) is 1. The molecule has 1 fully saturated rings. The molecule has 0 radical (unpaired) electrons. The molecule has 0 nitrogen and oxygen atoms in total. The summed E-state index contributed by atoms with van der Waals surface area (Å²) in [7, 11) is 0. The molecule has 0 aliphatic heterocycles. The van der Waals surface area contributed by atoms with Crippen LogP contribution < -0.4 is 0 Å². The van der Waals surface area contributed by atoms with Gasteiger partial charge in [0.15, 0.2) is 0 Å². The molecule has 0 spiro atoms. The Morgan fingerprint density at radius 2 is 2.20 bits per heavy atom. The second-order valence-corrected chi connectivity index (χ2v) is 3.93. The summed E-state index contributed by atoms with van der Waals surface area (Å²) in [5.41, 5.74) is 0. The summed E-state index contributed by atoms with van der Waals surface area (Å²) in [6.45, 7) is 0. The minimum atomic E-state index is 0.877. The highest BCUT2D eigenvalue weighted by Crippen LogP contribution is 2.40. The molecule has 0 aromatic rings. The topological polar surface area (TPSA) is 0 Å². The van der Waals surface area contributed by atoms with Crippen LogP contribution >= 0.6 is 12.6 Å². The zero-order valence-electron chi connectivity index (χ0n) is 6.16. The van der Waals surface area contributed by atoms with E-state index in [1.165, 1.54) is 19.3 Å². The zero-order valence-corrected chi connectivity index (χ0v) is 7.06. The van der Waals surface area contributed by atoms with Crippen LogP contribution in [0.3, 0.4) is 0 Å². The molecule has 2 bridgehead atoms. The molecule has 56 valence electrons. The van der Waals surface area contributed by atoms with E-state index >= 15 is 0 Å². The zero-order chi connectivity index (χ0) is 6.97. The fourth-order valence-electron chi connectivity index (χ4n) is 2.26. The maximum Gasteiger partial charge on any atom is -0.00637 e. The first kappa shape index (κ1) is 6.78. The maximum atomic E-state index is 4.36. The summed E-state index contributed by atoms with van der Waals surface area (Å²) >= 11 is 4.36. The fourth-order valence-corrected chi connectivity index (χ4v) is 2.68. The second-order valence-electron chi connectivity index (χ2n) is 3.56. The van der Waals surface area contributed by atoms with E-state index in [0.717, 1.165) is 23.5 Å². The smallest absolute Gasteiger partial charge is 0.00637 e. The number of fused-ring (bicyclic) bond motifs is 2. The Balaban J connectivity index is 2.11. The van der Waals surface area contributed by atoms with Gasteiger partial charge in [-0.25, -0.2) is 0 Å². The van der Waals surface area contributed by atoms with Gasteiger partial charge in [-0.1, -0.05) is 12.2 Å². The molecule has 0 saturated heterocycles. The monoisotopic (exact) mass is 154 g/mol. The predicted molar refractivity (Wildman–Crippen MR) is 47.3 cm³/mol. The maximum absolute atomic E-state index is 4.36. The lowest BCUT2D eigenvalue weighted by molar-refractivity contribution is 0.243. The summed E-state index contributed by atoms with van der Waals surface area (Å²) in [5.74, 6) is 3.77. The van der Waals surface area contributed by atoms with Crippen LogP contribution in [0.4, 0.5) is 0 Å². The molecule has 1 saturated carbocycles. The number of rotatable bonds is 1. The standard InChI is InChI=1S/C9H14S/c10-6-9-5-7-1-3-8(9)4-2-7/h1,3,7-10H,2,4-6H2. The molecule has 0 amide bonds. The SMILES string of the molecule is SCC1CC2C=CC1CC2. The highest BCUT2D eigenvalue weighted by molar-refractivity contribution is 7.80. The summed E-state index contributed by atoms with van der Waals surface area (Å²) < 4.78 is 0. The van der Waals surface area contributed by atoms with Crippen LogP contribution in [0.15, 0.2) is 12.2 Å². The van der Waals surface area contributed by atoms with Gasteiger partial charge in [-0.3, -0.25) is 0 Å². The van der Waals surface area contributed by atoms with Crippen LogP contribution in [-0.4, -0.2) is 5.75 Å². The lowest BCUT2D eigenvalue weighted by Crippen LogP contribution is -2.28. The van der Waals surface area contributed by atoms with Crippen LogP contribution in [0.25, 0.3) is 0 Å². The number of thiol groups is 1. The van der Waals surface area contributed by atoms with E-state index in [1.54, 1.807) is 0 Å². The van der Waals surface area contributed by atoms with E-state index in [9.17, 15) is 0 Å². The van der Waals surface area contributed by atoms with Crippen LogP contribution in [0.5, 0.6) is 0 Å². The minimum absolute atomic E-state index is 0.877. The average Bonchev–Trinajstić information content (AvgIpc) is 2.06. The van der Waals surface area contributed by atoms with Crippen molar-refractivity contribution in [1.82, 2.24) is 0 Å². The molecular formula is C9H14S. The van der Waals surface area contributed by atoms with Crippen molar-refractivity contribution in [3.63, 3.8) is 0 Å². The van der Waals surface area contributed by atoms with Gasteiger partial charge in [0.05, 0.1) is 0 Å². The van der Waals surface area contributed by atoms with Crippen molar-refractivity contribution in [3.05, 3.63) is 12.2 Å². The van der Waals surface area contributed by atoms with Gasteiger partial charge in [-0.05, 0) is 42.8 Å². The highest BCUT2D eigenvalue weighted by Gasteiger charge is 2.30. The lowest BCUT2D eigenvalue weighted by atomic mass is 9.70. The highest BCUT2D eigenvalue weighted by atomic mass is 32.1. The Bertz CT molecular complexity index is 151. The molecule has 10 heavy (non-hydrogen) atoms. The quantitative estimate of drug-likeness (QED) is 0.435. The van der Waals surface area contributed by atoms with Crippen molar-refractivity contribution in [3.8, 4) is 0 Å². The van der Waals surface area contributed by atoms with Gasteiger partial charge in [0.2, 0.25) is 0 Å². The van der Waals surface area contributed by atoms with Gasteiger partial charge < -0.3 is 0 Å². The molecular weight excluding hydrogens is 140 g/mol. The van der Waals surface area contributed by atoms with Crippen LogP contribution in [0.1, 0.15) is 19.3 Å². The summed E-state index contributed by atoms with van der Waals surface area (Å²) in [4.78, 5) is 0. The molecule has 0 N–H and O–H groups in total. The first-order valence-corrected chi connectivity index (χ1v) is 4.82. The van der Waals surface area contributed by atoms with E-state index < -0.39 is 0 Å². The Morgan fingerprint density at radius 3 is 2.50 bits per heavy atom. The first-order chi connectivity index (χ1) is 4.90. The minimum Gasteiger partial charge on any atom is -0.179 e. The van der Waals surface area contributed by atoms with Gasteiger partial charge in [-0.15, -0.1) is 0 Å². The Labute approximate surface area is 68.1 Å². The normalized spacial score (nSPS) is 44.3. The van der Waals surface area contributed by atoms with Crippen molar-refractivity contribution in [1.29, 1.82) is 0 Å². The van der Waals surface area contributed by atoms with E-state index in [1.807, 2.05) is 0 Å². The summed E-state index contributed by atoms with van der Waals surface area (Å²) in [5, 5.41) is 0. The molecule has 3 unspecified atom stereocenters. The Kier molecular flexibility index (Phi) is 1.77. The number of hydrogen-bond acceptors (Lipinski definition) is 1. The molecule has 0 heterocycles. The molecule has 3 rings (SSSR count). The molecule has 0 aromatic carbocycles. The third-order valence-electron chi connectivity index (χ3n) is 2.95. The molecule has 3 aliphatic rings. The Hall–Kier alpha value is 0.0900. The first-order valence-electron chi connectivity index (χ1n) is 4.19. The van der Waals surface area contributed by atoms with Gasteiger partial charge in [0, 0.05) is 0 Å². The summed E-state index contributed by atoms with van der Waals surface area (Å²) in [6, 6.07) is 0. The van der Waals surface area contributed by atoms with Crippen molar-refractivity contribution >= 4 is 12.6 Å². The van der Waals surface area contributed by atoms with Gasteiger partial charge in [0.1, 0.15) is 0 Å². The lowest BCUT2D eigenvalue weighted by Gasteiger charge is -2.37. The second kappa shape index (κ2) is 2.61. The van der Waals surface area contributed by atoms with Crippen molar-refractivity contribution < 1.29 is 0 Å².